The van der Waals surface area contributed by atoms with Crippen LogP contribution in [0.25, 0.3) is 0 Å². The maximum Gasteiger partial charge on any atom is 0.151 e. The van der Waals surface area contributed by atoms with Gasteiger partial charge >= 0.3 is 0 Å². The van der Waals surface area contributed by atoms with Crippen LogP contribution in [0.15, 0.2) is 12.1 Å². The molecule has 0 aromatic carbocycles. The van der Waals surface area contributed by atoms with E-state index in [1.54, 1.807) is 0 Å². The normalized spacial score (nSPS) is 25.6. The van der Waals surface area contributed by atoms with E-state index in [1.165, 1.54) is 25.8 Å². The van der Waals surface area contributed by atoms with Crippen LogP contribution in [0.1, 0.15) is 19.3 Å². The third-order valence-electron chi connectivity index (χ3n) is 3.83. The van der Waals surface area contributed by atoms with Gasteiger partial charge in [-0.05, 0) is 31.5 Å². The maximum atomic E-state index is 5.56. The highest BCUT2D eigenvalue weighted by atomic mass is 15.3. The summed E-state index contributed by atoms with van der Waals surface area (Å²) in [6.07, 6.45) is 4.04. The average molecular weight is 233 g/mol. The number of piperazine rings is 1. The first-order valence-electron chi connectivity index (χ1n) is 6.41. The SMILES string of the molecule is Nc1ccc(N2CCN3CCCCC3C2)nn1. The second kappa shape index (κ2) is 4.49. The van der Waals surface area contributed by atoms with Gasteiger partial charge in [-0.3, -0.25) is 4.90 Å². The van der Waals surface area contributed by atoms with Gasteiger partial charge in [-0.2, -0.15) is 0 Å². The first-order valence-corrected chi connectivity index (χ1v) is 6.41. The first-order chi connectivity index (χ1) is 8.33. The molecule has 17 heavy (non-hydrogen) atoms. The highest BCUT2D eigenvalue weighted by Gasteiger charge is 2.29. The van der Waals surface area contributed by atoms with Crippen molar-refractivity contribution in [3.05, 3.63) is 12.1 Å². The summed E-state index contributed by atoms with van der Waals surface area (Å²) in [5.74, 6) is 1.45. The third kappa shape index (κ3) is 2.20. The molecule has 1 unspecified atom stereocenters. The quantitative estimate of drug-likeness (QED) is 0.775. The lowest BCUT2D eigenvalue weighted by Gasteiger charge is -2.44. The third-order valence-corrected chi connectivity index (χ3v) is 3.83. The minimum Gasteiger partial charge on any atom is -0.382 e. The fourth-order valence-electron chi connectivity index (χ4n) is 2.87. The number of piperidine rings is 1. The fraction of sp³-hybridized carbons (Fsp3) is 0.667. The van der Waals surface area contributed by atoms with E-state index in [4.69, 9.17) is 5.73 Å². The second-order valence-electron chi connectivity index (χ2n) is 4.95. The summed E-state index contributed by atoms with van der Waals surface area (Å²) >= 11 is 0. The summed E-state index contributed by atoms with van der Waals surface area (Å²) in [6.45, 7) is 4.55. The van der Waals surface area contributed by atoms with Crippen LogP contribution in [0, 0.1) is 0 Å². The molecule has 0 saturated carbocycles. The Hall–Kier alpha value is -1.36. The van der Waals surface area contributed by atoms with Gasteiger partial charge in [-0.15, -0.1) is 10.2 Å². The molecule has 0 amide bonds. The van der Waals surface area contributed by atoms with E-state index in [0.29, 0.717) is 11.9 Å². The zero-order chi connectivity index (χ0) is 11.7. The number of rotatable bonds is 1. The van der Waals surface area contributed by atoms with E-state index >= 15 is 0 Å². The van der Waals surface area contributed by atoms with Crippen molar-refractivity contribution in [2.24, 2.45) is 0 Å². The van der Waals surface area contributed by atoms with Crippen LogP contribution in [0.2, 0.25) is 0 Å². The fourth-order valence-corrected chi connectivity index (χ4v) is 2.87. The van der Waals surface area contributed by atoms with Crippen molar-refractivity contribution in [2.45, 2.75) is 25.3 Å². The average Bonchev–Trinajstić information content (AvgIpc) is 2.39. The Bertz CT molecular complexity index is 377. The number of nitrogens with two attached hydrogens (primary N) is 1. The Balaban J connectivity index is 1.71. The van der Waals surface area contributed by atoms with E-state index in [0.717, 1.165) is 25.5 Å². The van der Waals surface area contributed by atoms with Gasteiger partial charge in [0.2, 0.25) is 0 Å². The standard InChI is InChI=1S/C12H19N5/c13-11-4-5-12(15-14-11)17-8-7-16-6-2-1-3-10(16)9-17/h4-5,10H,1-3,6-9H2,(H2,13,14). The van der Waals surface area contributed by atoms with Gasteiger partial charge in [-0.25, -0.2) is 0 Å². The zero-order valence-electron chi connectivity index (χ0n) is 10.0. The molecule has 0 aliphatic carbocycles. The van der Waals surface area contributed by atoms with Crippen molar-refractivity contribution in [3.8, 4) is 0 Å². The number of anilines is 2. The highest BCUT2D eigenvalue weighted by molar-refractivity contribution is 5.42. The van der Waals surface area contributed by atoms with Gasteiger partial charge in [0.1, 0.15) is 5.82 Å². The topological polar surface area (TPSA) is 58.3 Å². The molecule has 0 radical (unpaired) electrons. The van der Waals surface area contributed by atoms with E-state index < -0.39 is 0 Å². The predicted molar refractivity (Wildman–Crippen MR) is 67.9 cm³/mol. The van der Waals surface area contributed by atoms with Crippen molar-refractivity contribution < 1.29 is 0 Å². The van der Waals surface area contributed by atoms with Crippen LogP contribution in [-0.2, 0) is 0 Å². The molecule has 3 heterocycles. The van der Waals surface area contributed by atoms with E-state index in [2.05, 4.69) is 20.0 Å². The molecule has 2 aliphatic rings. The Kier molecular flexibility index (Phi) is 2.84. The van der Waals surface area contributed by atoms with Crippen LogP contribution >= 0.6 is 0 Å². The molecule has 3 rings (SSSR count). The molecule has 2 aliphatic heterocycles. The van der Waals surface area contributed by atoms with Crippen molar-refractivity contribution in [3.63, 3.8) is 0 Å². The van der Waals surface area contributed by atoms with E-state index in [1.807, 2.05) is 12.1 Å². The Morgan fingerprint density at radius 3 is 2.88 bits per heavy atom. The summed E-state index contributed by atoms with van der Waals surface area (Å²) < 4.78 is 0. The zero-order valence-corrected chi connectivity index (χ0v) is 10.0. The lowest BCUT2D eigenvalue weighted by Crippen LogP contribution is -2.55. The molecule has 1 aromatic heterocycles. The van der Waals surface area contributed by atoms with Gasteiger partial charge < -0.3 is 10.6 Å². The van der Waals surface area contributed by atoms with E-state index in [-0.39, 0.29) is 0 Å². The van der Waals surface area contributed by atoms with Crippen molar-refractivity contribution in [1.29, 1.82) is 0 Å². The van der Waals surface area contributed by atoms with Crippen LogP contribution in [0.4, 0.5) is 11.6 Å². The van der Waals surface area contributed by atoms with E-state index in [9.17, 15) is 0 Å². The molecule has 1 atom stereocenters. The molecular weight excluding hydrogens is 214 g/mol. The number of hydrogen-bond donors (Lipinski definition) is 1. The highest BCUT2D eigenvalue weighted by Crippen LogP contribution is 2.23. The number of aromatic nitrogens is 2. The molecule has 92 valence electrons. The molecular formula is C12H19N5. The van der Waals surface area contributed by atoms with Crippen LogP contribution in [0.3, 0.4) is 0 Å². The molecule has 2 saturated heterocycles. The van der Waals surface area contributed by atoms with Gasteiger partial charge in [-0.1, -0.05) is 6.42 Å². The molecule has 2 fully saturated rings. The molecule has 5 nitrogen and oxygen atoms in total. The molecule has 1 aromatic rings. The van der Waals surface area contributed by atoms with Gasteiger partial charge in [0.05, 0.1) is 0 Å². The predicted octanol–water partition coefficient (Wildman–Crippen LogP) is 0.733. The Labute approximate surface area is 102 Å². The van der Waals surface area contributed by atoms with Crippen LogP contribution in [-0.4, -0.2) is 47.3 Å². The lowest BCUT2D eigenvalue weighted by molar-refractivity contribution is 0.133. The van der Waals surface area contributed by atoms with Crippen molar-refractivity contribution in [1.82, 2.24) is 15.1 Å². The van der Waals surface area contributed by atoms with Crippen LogP contribution < -0.4 is 10.6 Å². The van der Waals surface area contributed by atoms with Crippen LogP contribution in [0.5, 0.6) is 0 Å². The Morgan fingerprint density at radius 1 is 1.12 bits per heavy atom. The number of hydrogen-bond acceptors (Lipinski definition) is 5. The van der Waals surface area contributed by atoms with Gasteiger partial charge in [0, 0.05) is 25.7 Å². The summed E-state index contributed by atoms with van der Waals surface area (Å²) in [6, 6.07) is 4.51. The number of nitrogens with zero attached hydrogens (tertiary/aromatic N) is 4. The first kappa shape index (κ1) is 10.8. The molecule has 0 spiro atoms. The monoisotopic (exact) mass is 233 g/mol. The largest absolute Gasteiger partial charge is 0.382 e. The van der Waals surface area contributed by atoms with Crippen molar-refractivity contribution in [2.75, 3.05) is 36.8 Å². The Morgan fingerprint density at radius 2 is 2.06 bits per heavy atom. The smallest absolute Gasteiger partial charge is 0.151 e. The van der Waals surface area contributed by atoms with Gasteiger partial charge in [0.15, 0.2) is 5.82 Å². The summed E-state index contributed by atoms with van der Waals surface area (Å²) in [4.78, 5) is 4.95. The number of fused-ring (bicyclic) bond motifs is 1. The molecule has 0 bridgehead atoms. The second-order valence-corrected chi connectivity index (χ2v) is 4.95. The maximum absolute atomic E-state index is 5.56. The van der Waals surface area contributed by atoms with Gasteiger partial charge in [0.25, 0.3) is 0 Å². The molecule has 5 heteroatoms. The van der Waals surface area contributed by atoms with Crippen molar-refractivity contribution >= 4 is 11.6 Å². The molecule has 2 N–H and O–H groups in total. The minimum absolute atomic E-state index is 0.491. The number of nitrogen functional groups attached to an aromatic ring is 1. The summed E-state index contributed by atoms with van der Waals surface area (Å²) in [7, 11) is 0. The minimum atomic E-state index is 0.491. The summed E-state index contributed by atoms with van der Waals surface area (Å²) in [5.41, 5.74) is 5.56. The summed E-state index contributed by atoms with van der Waals surface area (Å²) in [5, 5.41) is 8.10. The lowest BCUT2D eigenvalue weighted by atomic mass is 9.99.